The highest BCUT2D eigenvalue weighted by atomic mass is 19.1. The number of hydrogen-bond donors (Lipinski definition) is 1. The average Bonchev–Trinajstić information content (AvgIpc) is 2.59. The molecule has 0 amide bonds. The molecule has 122 valence electrons. The van der Waals surface area contributed by atoms with Crippen LogP contribution in [0.5, 0.6) is 0 Å². The fourth-order valence-corrected chi connectivity index (χ4v) is 3.00. The van der Waals surface area contributed by atoms with Crippen molar-refractivity contribution in [1.29, 1.82) is 0 Å². The van der Waals surface area contributed by atoms with E-state index in [1.54, 1.807) is 18.2 Å². The third-order valence-electron chi connectivity index (χ3n) is 4.28. The molecular weight excluding hydrogens is 294 g/mol. The number of hydrogen-bond acceptors (Lipinski definition) is 2. The first-order chi connectivity index (χ1) is 11.2. The molecule has 1 N–H and O–H groups in total. The van der Waals surface area contributed by atoms with E-state index in [0.29, 0.717) is 18.8 Å². The summed E-state index contributed by atoms with van der Waals surface area (Å²) >= 11 is 0. The zero-order valence-corrected chi connectivity index (χ0v) is 13.2. The lowest BCUT2D eigenvalue weighted by atomic mass is 10.1. The Hall–Kier alpha value is -1.94. The molecule has 3 rings (SSSR count). The van der Waals surface area contributed by atoms with Crippen molar-refractivity contribution in [2.75, 3.05) is 18.0 Å². The quantitative estimate of drug-likeness (QED) is 0.887. The Morgan fingerprint density at radius 2 is 1.48 bits per heavy atom. The maximum absolute atomic E-state index is 14.1. The van der Waals surface area contributed by atoms with Crippen molar-refractivity contribution in [3.05, 3.63) is 65.2 Å². The van der Waals surface area contributed by atoms with Gasteiger partial charge in [0.05, 0.1) is 5.69 Å². The van der Waals surface area contributed by atoms with Crippen LogP contribution in [0.25, 0.3) is 0 Å². The second kappa shape index (κ2) is 7.55. The molecule has 0 radical (unpaired) electrons. The smallest absolute Gasteiger partial charge is 0.146 e. The molecule has 0 spiro atoms. The third-order valence-corrected chi connectivity index (χ3v) is 4.28. The Bertz CT molecular complexity index is 634. The summed E-state index contributed by atoms with van der Waals surface area (Å²) in [5, 5.41) is 3.32. The lowest BCUT2D eigenvalue weighted by molar-refractivity contribution is 0.556. The molecule has 0 bridgehead atoms. The first-order valence-electron chi connectivity index (χ1n) is 8.21. The number of benzene rings is 2. The third kappa shape index (κ3) is 4.29. The Labute approximate surface area is 136 Å². The zero-order valence-electron chi connectivity index (χ0n) is 13.2. The van der Waals surface area contributed by atoms with Crippen LogP contribution in [0.15, 0.2) is 42.5 Å². The van der Waals surface area contributed by atoms with E-state index in [4.69, 9.17) is 0 Å². The van der Waals surface area contributed by atoms with Crippen molar-refractivity contribution >= 4 is 5.69 Å². The van der Waals surface area contributed by atoms with Crippen LogP contribution in [0.1, 0.15) is 30.4 Å². The van der Waals surface area contributed by atoms with Gasteiger partial charge in [-0.3, -0.25) is 0 Å². The van der Waals surface area contributed by atoms with Gasteiger partial charge in [0, 0.05) is 26.2 Å². The Kier molecular flexibility index (Phi) is 5.23. The molecule has 4 heteroatoms. The fraction of sp³-hybridized carbons (Fsp3) is 0.368. The van der Waals surface area contributed by atoms with Crippen LogP contribution in [0.2, 0.25) is 0 Å². The van der Waals surface area contributed by atoms with E-state index in [9.17, 15) is 8.78 Å². The van der Waals surface area contributed by atoms with Gasteiger partial charge in [0.15, 0.2) is 0 Å². The number of anilines is 1. The van der Waals surface area contributed by atoms with Crippen molar-refractivity contribution < 1.29 is 8.78 Å². The Morgan fingerprint density at radius 1 is 0.826 bits per heavy atom. The molecule has 2 aromatic rings. The second-order valence-electron chi connectivity index (χ2n) is 6.06. The predicted molar refractivity (Wildman–Crippen MR) is 89.4 cm³/mol. The van der Waals surface area contributed by atoms with E-state index < -0.39 is 0 Å². The van der Waals surface area contributed by atoms with Crippen LogP contribution >= 0.6 is 0 Å². The fourth-order valence-electron chi connectivity index (χ4n) is 3.00. The van der Waals surface area contributed by atoms with Crippen molar-refractivity contribution in [2.45, 2.75) is 32.4 Å². The highest BCUT2D eigenvalue weighted by Gasteiger charge is 2.15. The van der Waals surface area contributed by atoms with Crippen LogP contribution in [0, 0.1) is 11.6 Å². The Morgan fingerprint density at radius 3 is 2.22 bits per heavy atom. The molecule has 0 aromatic heterocycles. The number of nitrogens with zero attached hydrogens (tertiary/aromatic N) is 1. The van der Waals surface area contributed by atoms with Gasteiger partial charge in [0.2, 0.25) is 0 Å². The predicted octanol–water partition coefficient (Wildman–Crippen LogP) is 4.24. The molecule has 0 saturated carbocycles. The summed E-state index contributed by atoms with van der Waals surface area (Å²) in [6.07, 6.45) is 3.50. The van der Waals surface area contributed by atoms with Crippen molar-refractivity contribution in [3.8, 4) is 0 Å². The number of piperidine rings is 1. The summed E-state index contributed by atoms with van der Waals surface area (Å²) in [5.41, 5.74) is 2.81. The van der Waals surface area contributed by atoms with Gasteiger partial charge in [0.25, 0.3) is 0 Å². The minimum absolute atomic E-state index is 0.144. The number of nitrogens with one attached hydrogen (secondary N) is 1. The lowest BCUT2D eigenvalue weighted by Crippen LogP contribution is -2.30. The van der Waals surface area contributed by atoms with Crippen molar-refractivity contribution in [3.63, 3.8) is 0 Å². The minimum atomic E-state index is -0.224. The van der Waals surface area contributed by atoms with E-state index in [2.05, 4.69) is 10.2 Å². The maximum atomic E-state index is 14.1. The molecule has 1 aliphatic heterocycles. The van der Waals surface area contributed by atoms with E-state index in [0.717, 1.165) is 37.1 Å². The highest BCUT2D eigenvalue weighted by Crippen LogP contribution is 2.24. The average molecular weight is 316 g/mol. The standard InChI is InChI=1S/C19H22F2N2/c20-17-7-4-15(5-8-17)13-22-14-16-6-9-18(21)19(12-16)23-10-2-1-3-11-23/h4-9,12,22H,1-3,10-11,13-14H2. The van der Waals surface area contributed by atoms with Gasteiger partial charge in [-0.15, -0.1) is 0 Å². The molecule has 2 nitrogen and oxygen atoms in total. The highest BCUT2D eigenvalue weighted by molar-refractivity contribution is 5.50. The van der Waals surface area contributed by atoms with Gasteiger partial charge in [-0.25, -0.2) is 8.78 Å². The first-order valence-corrected chi connectivity index (χ1v) is 8.21. The van der Waals surface area contributed by atoms with E-state index in [1.807, 2.05) is 12.1 Å². The summed E-state index contributed by atoms with van der Waals surface area (Å²) in [5.74, 6) is -0.368. The lowest BCUT2D eigenvalue weighted by Gasteiger charge is -2.29. The largest absolute Gasteiger partial charge is 0.369 e. The van der Waals surface area contributed by atoms with Gasteiger partial charge in [-0.2, -0.15) is 0 Å². The van der Waals surface area contributed by atoms with E-state index in [-0.39, 0.29) is 11.6 Å². The minimum Gasteiger partial charge on any atom is -0.369 e. The maximum Gasteiger partial charge on any atom is 0.146 e. The van der Waals surface area contributed by atoms with E-state index in [1.165, 1.54) is 18.6 Å². The summed E-state index contributed by atoms with van der Waals surface area (Å²) in [7, 11) is 0. The van der Waals surface area contributed by atoms with Gasteiger partial charge < -0.3 is 10.2 Å². The van der Waals surface area contributed by atoms with Gasteiger partial charge in [0.1, 0.15) is 11.6 Å². The second-order valence-corrected chi connectivity index (χ2v) is 6.06. The molecule has 2 aromatic carbocycles. The molecule has 0 unspecified atom stereocenters. The van der Waals surface area contributed by atoms with Gasteiger partial charge in [-0.05, 0) is 54.7 Å². The van der Waals surface area contributed by atoms with Crippen LogP contribution in [0.3, 0.4) is 0 Å². The van der Waals surface area contributed by atoms with Crippen LogP contribution in [-0.4, -0.2) is 13.1 Å². The molecule has 1 fully saturated rings. The molecule has 0 aliphatic carbocycles. The molecule has 1 aliphatic rings. The number of rotatable bonds is 5. The summed E-state index contributed by atoms with van der Waals surface area (Å²) in [6, 6.07) is 11.8. The summed E-state index contributed by atoms with van der Waals surface area (Å²) < 4.78 is 27.0. The normalized spacial score (nSPS) is 15.0. The van der Waals surface area contributed by atoms with Crippen LogP contribution < -0.4 is 10.2 Å². The Balaban J connectivity index is 1.60. The van der Waals surface area contributed by atoms with Crippen LogP contribution in [-0.2, 0) is 13.1 Å². The molecule has 1 heterocycles. The summed E-state index contributed by atoms with van der Waals surface area (Å²) in [4.78, 5) is 2.14. The first kappa shape index (κ1) is 15.9. The van der Waals surface area contributed by atoms with Gasteiger partial charge in [-0.1, -0.05) is 18.2 Å². The van der Waals surface area contributed by atoms with Crippen molar-refractivity contribution in [1.82, 2.24) is 5.32 Å². The SMILES string of the molecule is Fc1ccc(CNCc2ccc(F)c(N3CCCCC3)c2)cc1. The van der Waals surface area contributed by atoms with Crippen LogP contribution in [0.4, 0.5) is 14.5 Å². The van der Waals surface area contributed by atoms with E-state index >= 15 is 0 Å². The molecule has 23 heavy (non-hydrogen) atoms. The van der Waals surface area contributed by atoms with Gasteiger partial charge >= 0.3 is 0 Å². The monoisotopic (exact) mass is 316 g/mol. The topological polar surface area (TPSA) is 15.3 Å². The van der Waals surface area contributed by atoms with Crippen molar-refractivity contribution in [2.24, 2.45) is 0 Å². The zero-order chi connectivity index (χ0) is 16.1. The summed E-state index contributed by atoms with van der Waals surface area (Å²) in [6.45, 7) is 3.20. The molecule has 0 atom stereocenters. The number of halogens is 2. The molecular formula is C19H22F2N2. The molecule has 1 saturated heterocycles.